The average Bonchev–Trinajstić information content (AvgIpc) is 2.89. The van der Waals surface area contributed by atoms with Gasteiger partial charge in [0, 0.05) is 25.2 Å². The lowest BCUT2D eigenvalue weighted by Gasteiger charge is -2.08. The van der Waals surface area contributed by atoms with Gasteiger partial charge in [0.1, 0.15) is 0 Å². The van der Waals surface area contributed by atoms with Crippen molar-refractivity contribution in [3.8, 4) is 0 Å². The predicted octanol–water partition coefficient (Wildman–Crippen LogP) is 2.56. The van der Waals surface area contributed by atoms with E-state index in [9.17, 15) is 9.59 Å². The van der Waals surface area contributed by atoms with Gasteiger partial charge in [0.25, 0.3) is 5.56 Å². The summed E-state index contributed by atoms with van der Waals surface area (Å²) in [5.41, 5.74) is -0.196. The zero-order valence-corrected chi connectivity index (χ0v) is 15.1. The van der Waals surface area contributed by atoms with Crippen molar-refractivity contribution in [2.75, 3.05) is 11.9 Å². The maximum atomic E-state index is 12.2. The Morgan fingerprint density at radius 2 is 2.08 bits per heavy atom. The van der Waals surface area contributed by atoms with E-state index in [-0.39, 0.29) is 0 Å². The molecule has 0 atom stereocenters. The second kappa shape index (κ2) is 8.19. The summed E-state index contributed by atoms with van der Waals surface area (Å²) >= 11 is 5.92. The van der Waals surface area contributed by atoms with Crippen molar-refractivity contribution >= 4 is 28.7 Å². The number of nitrogens with zero attached hydrogens (tertiary/aromatic N) is 3. The molecule has 132 valence electrons. The number of aryl methyl sites for hydroxylation is 1. The molecule has 0 aromatic carbocycles. The molecule has 0 radical (unpaired) electrons. The Kier molecular flexibility index (Phi) is 6.25. The molecule has 2 rings (SSSR count). The molecule has 0 aliphatic carbocycles. The van der Waals surface area contributed by atoms with Gasteiger partial charge >= 0.3 is 5.69 Å². The van der Waals surface area contributed by atoms with E-state index in [0.29, 0.717) is 28.7 Å². The zero-order valence-electron chi connectivity index (χ0n) is 14.4. The van der Waals surface area contributed by atoms with Crippen LogP contribution in [0.15, 0.2) is 20.7 Å². The van der Waals surface area contributed by atoms with Crippen LogP contribution < -0.4 is 16.6 Å². The fourth-order valence-corrected chi connectivity index (χ4v) is 2.59. The SMILES string of the molecule is CCCCCCNc1nc2c(c(=O)[nH]c(=O)n2C)n1C/C=C(/C)Cl. The summed E-state index contributed by atoms with van der Waals surface area (Å²) in [5, 5.41) is 3.90. The molecule has 0 aliphatic rings. The first kappa shape index (κ1) is 18.3. The van der Waals surface area contributed by atoms with Crippen molar-refractivity contribution in [2.45, 2.75) is 46.1 Å². The smallest absolute Gasteiger partial charge is 0.329 e. The third-order valence-electron chi connectivity index (χ3n) is 3.88. The first-order valence-electron chi connectivity index (χ1n) is 8.21. The number of anilines is 1. The number of unbranched alkanes of at least 4 members (excludes halogenated alkanes) is 3. The number of hydrogen-bond acceptors (Lipinski definition) is 4. The Morgan fingerprint density at radius 1 is 1.33 bits per heavy atom. The molecular weight excluding hydrogens is 330 g/mol. The standard InChI is InChI=1S/C16H24ClN5O2/c1-4-5-6-7-9-18-15-19-13-12(22(15)10-8-11(2)17)14(23)20-16(24)21(13)3/h8H,4-7,9-10H2,1-3H3,(H,18,19)(H,20,23,24)/b11-8-. The maximum Gasteiger partial charge on any atom is 0.329 e. The van der Waals surface area contributed by atoms with E-state index in [1.165, 1.54) is 17.4 Å². The van der Waals surface area contributed by atoms with Gasteiger partial charge in [0.2, 0.25) is 5.95 Å². The van der Waals surface area contributed by atoms with Gasteiger partial charge in [-0.1, -0.05) is 43.9 Å². The molecule has 7 nitrogen and oxygen atoms in total. The molecule has 0 spiro atoms. The Hall–Kier alpha value is -2.02. The minimum atomic E-state index is -0.476. The number of halogens is 1. The monoisotopic (exact) mass is 353 g/mol. The molecule has 8 heteroatoms. The average molecular weight is 354 g/mol. The molecule has 2 heterocycles. The predicted molar refractivity (Wildman–Crippen MR) is 97.8 cm³/mol. The van der Waals surface area contributed by atoms with Crippen molar-refractivity contribution in [3.63, 3.8) is 0 Å². The van der Waals surface area contributed by atoms with E-state index in [1.54, 1.807) is 24.6 Å². The van der Waals surface area contributed by atoms with E-state index < -0.39 is 11.2 Å². The van der Waals surface area contributed by atoms with Gasteiger partial charge in [0.15, 0.2) is 11.2 Å². The molecule has 0 aliphatic heterocycles. The van der Waals surface area contributed by atoms with E-state index in [0.717, 1.165) is 19.4 Å². The fraction of sp³-hybridized carbons (Fsp3) is 0.562. The maximum absolute atomic E-state index is 12.2. The molecule has 24 heavy (non-hydrogen) atoms. The van der Waals surface area contributed by atoms with E-state index in [2.05, 4.69) is 22.2 Å². The van der Waals surface area contributed by atoms with Crippen LogP contribution in [-0.4, -0.2) is 25.6 Å². The number of aromatic nitrogens is 4. The molecule has 2 aromatic rings. The molecule has 0 fully saturated rings. The Labute approximate surface area is 145 Å². The summed E-state index contributed by atoms with van der Waals surface area (Å²) in [6, 6.07) is 0. The van der Waals surface area contributed by atoms with Crippen LogP contribution in [0.4, 0.5) is 5.95 Å². The number of hydrogen-bond donors (Lipinski definition) is 2. The number of imidazole rings is 1. The molecule has 2 aromatic heterocycles. The van der Waals surface area contributed by atoms with Gasteiger partial charge in [-0.2, -0.15) is 4.98 Å². The zero-order chi connectivity index (χ0) is 17.7. The highest BCUT2D eigenvalue weighted by Crippen LogP contribution is 2.16. The molecule has 0 saturated heterocycles. The molecule has 0 saturated carbocycles. The number of nitrogens with one attached hydrogen (secondary N) is 2. The van der Waals surface area contributed by atoms with E-state index in [4.69, 9.17) is 11.6 Å². The van der Waals surface area contributed by atoms with Gasteiger partial charge in [-0.25, -0.2) is 4.79 Å². The van der Waals surface area contributed by atoms with Crippen LogP contribution in [0.3, 0.4) is 0 Å². The van der Waals surface area contributed by atoms with Crippen LogP contribution in [0.25, 0.3) is 11.2 Å². The number of aromatic amines is 1. The minimum absolute atomic E-state index is 0.362. The van der Waals surface area contributed by atoms with Crippen LogP contribution in [0, 0.1) is 0 Å². The quantitative estimate of drug-likeness (QED) is 0.714. The van der Waals surface area contributed by atoms with Gasteiger partial charge in [-0.15, -0.1) is 0 Å². The first-order chi connectivity index (χ1) is 11.5. The first-order valence-corrected chi connectivity index (χ1v) is 8.59. The second-order valence-electron chi connectivity index (χ2n) is 5.81. The van der Waals surface area contributed by atoms with Gasteiger partial charge in [0.05, 0.1) is 0 Å². The normalized spacial score (nSPS) is 12.1. The van der Waals surface area contributed by atoms with E-state index >= 15 is 0 Å². The van der Waals surface area contributed by atoms with E-state index in [1.807, 2.05) is 0 Å². The van der Waals surface area contributed by atoms with Crippen LogP contribution in [0.1, 0.15) is 39.5 Å². The Balaban J connectivity index is 2.41. The van der Waals surface area contributed by atoms with Gasteiger partial charge in [-0.3, -0.25) is 14.3 Å². The Bertz CT molecular complexity index is 842. The van der Waals surface area contributed by atoms with Crippen LogP contribution in [0.5, 0.6) is 0 Å². The highest BCUT2D eigenvalue weighted by Gasteiger charge is 2.16. The second-order valence-corrected chi connectivity index (χ2v) is 6.41. The lowest BCUT2D eigenvalue weighted by molar-refractivity contribution is 0.681. The highest BCUT2D eigenvalue weighted by atomic mass is 35.5. The largest absolute Gasteiger partial charge is 0.356 e. The van der Waals surface area contributed by atoms with Gasteiger partial charge in [-0.05, 0) is 13.3 Å². The number of allylic oxidation sites excluding steroid dienone is 2. The van der Waals surface area contributed by atoms with Crippen molar-refractivity contribution in [1.29, 1.82) is 0 Å². The molecule has 0 unspecified atom stereocenters. The minimum Gasteiger partial charge on any atom is -0.356 e. The summed E-state index contributed by atoms with van der Waals surface area (Å²) in [6.45, 7) is 5.11. The summed E-state index contributed by atoms with van der Waals surface area (Å²) < 4.78 is 3.09. The summed E-state index contributed by atoms with van der Waals surface area (Å²) in [6.07, 6.45) is 6.34. The summed E-state index contributed by atoms with van der Waals surface area (Å²) in [4.78, 5) is 30.8. The van der Waals surface area contributed by atoms with Crippen molar-refractivity contribution in [2.24, 2.45) is 7.05 Å². The van der Waals surface area contributed by atoms with Crippen molar-refractivity contribution in [1.82, 2.24) is 19.1 Å². The third-order valence-corrected chi connectivity index (χ3v) is 4.03. The van der Waals surface area contributed by atoms with Crippen LogP contribution in [0.2, 0.25) is 0 Å². The number of rotatable bonds is 8. The van der Waals surface area contributed by atoms with Crippen LogP contribution >= 0.6 is 11.6 Å². The number of H-pyrrole nitrogens is 1. The highest BCUT2D eigenvalue weighted by molar-refractivity contribution is 6.29. The van der Waals surface area contributed by atoms with Crippen molar-refractivity contribution < 1.29 is 0 Å². The fourth-order valence-electron chi connectivity index (χ4n) is 2.52. The number of fused-ring (bicyclic) bond motifs is 1. The molecule has 2 N–H and O–H groups in total. The van der Waals surface area contributed by atoms with Crippen molar-refractivity contribution in [3.05, 3.63) is 31.9 Å². The molecule has 0 amide bonds. The lowest BCUT2D eigenvalue weighted by atomic mass is 10.2. The van der Waals surface area contributed by atoms with Gasteiger partial charge < -0.3 is 9.88 Å². The Morgan fingerprint density at radius 3 is 2.75 bits per heavy atom. The molecular formula is C16H24ClN5O2. The third kappa shape index (κ3) is 4.08. The topological polar surface area (TPSA) is 84.7 Å². The summed E-state index contributed by atoms with van der Waals surface area (Å²) in [7, 11) is 1.59. The molecule has 0 bridgehead atoms. The summed E-state index contributed by atoms with van der Waals surface area (Å²) in [5.74, 6) is 0.572. The van der Waals surface area contributed by atoms with Crippen LogP contribution in [-0.2, 0) is 13.6 Å². The lowest BCUT2D eigenvalue weighted by Crippen LogP contribution is -2.29.